The van der Waals surface area contributed by atoms with Gasteiger partial charge in [-0.2, -0.15) is 9.59 Å². The van der Waals surface area contributed by atoms with Crippen LogP contribution in [0.4, 0.5) is 0 Å². The van der Waals surface area contributed by atoms with Crippen LogP contribution < -0.4 is 0 Å². The lowest BCUT2D eigenvalue weighted by molar-refractivity contribution is -0.191. The highest BCUT2D eigenvalue weighted by atomic mass is 16.2. The number of hydrogen-bond acceptors (Lipinski definition) is 2. The fraction of sp³-hybridized carbons (Fsp3) is 0.833. The smallest absolute Gasteiger partial charge is 0.186 e. The highest BCUT2D eigenvalue weighted by Crippen LogP contribution is 2.31. The van der Waals surface area contributed by atoms with Gasteiger partial charge in [0.15, 0.2) is 0 Å². The summed E-state index contributed by atoms with van der Waals surface area (Å²) in [6.45, 7) is 2.26. The van der Waals surface area contributed by atoms with E-state index in [0.29, 0.717) is 0 Å². The molecule has 0 aliphatic heterocycles. The first-order valence-electron chi connectivity index (χ1n) is 2.84. The van der Waals surface area contributed by atoms with Crippen LogP contribution >= 0.6 is 0 Å². The van der Waals surface area contributed by atoms with E-state index in [-0.39, 0.29) is 6.15 Å². The molecule has 0 heterocycles. The third kappa shape index (κ3) is 5.38. The summed E-state index contributed by atoms with van der Waals surface area (Å²) in [5.74, 6) is 1.13. The average molecular weight is 114 g/mol. The summed E-state index contributed by atoms with van der Waals surface area (Å²) in [7, 11) is 0. The van der Waals surface area contributed by atoms with E-state index < -0.39 is 0 Å². The summed E-state index contributed by atoms with van der Waals surface area (Å²) in [5.41, 5.74) is 0. The minimum absolute atomic E-state index is 0.250. The summed E-state index contributed by atoms with van der Waals surface area (Å²) >= 11 is 0. The largest absolute Gasteiger partial charge is 0.373 e. The molecule has 0 N–H and O–H groups in total. The first-order valence-corrected chi connectivity index (χ1v) is 2.84. The van der Waals surface area contributed by atoms with E-state index in [1.165, 1.54) is 19.3 Å². The van der Waals surface area contributed by atoms with Crippen LogP contribution in [0.2, 0.25) is 0 Å². The average Bonchev–Trinajstić information content (AvgIpc) is 2.48. The van der Waals surface area contributed by atoms with Crippen molar-refractivity contribution in [1.82, 2.24) is 0 Å². The van der Waals surface area contributed by atoms with Gasteiger partial charge in [0.05, 0.1) is 0 Å². The number of rotatable bonds is 1. The van der Waals surface area contributed by atoms with Gasteiger partial charge in [0.2, 0.25) is 0 Å². The molecular weight excluding hydrogens is 104 g/mol. The van der Waals surface area contributed by atoms with Crippen molar-refractivity contribution in [3.8, 4) is 0 Å². The minimum atomic E-state index is 0.250. The van der Waals surface area contributed by atoms with Crippen molar-refractivity contribution in [1.29, 1.82) is 0 Å². The van der Waals surface area contributed by atoms with Gasteiger partial charge in [-0.3, -0.25) is 0 Å². The normalized spacial score (nSPS) is 15.6. The fourth-order valence-electron chi connectivity index (χ4n) is 0.526. The molecule has 1 aliphatic carbocycles. The van der Waals surface area contributed by atoms with E-state index in [4.69, 9.17) is 9.59 Å². The molecule has 0 unspecified atom stereocenters. The van der Waals surface area contributed by atoms with E-state index >= 15 is 0 Å². The zero-order valence-electron chi connectivity index (χ0n) is 5.02. The van der Waals surface area contributed by atoms with Crippen molar-refractivity contribution in [3.05, 3.63) is 0 Å². The monoisotopic (exact) mass is 114 g/mol. The quantitative estimate of drug-likeness (QED) is 0.513. The standard InChI is InChI=1S/C5H10.CO2/c1-2-5-3-4-5;2-1-3/h5H,2-4H2,1H3;. The summed E-state index contributed by atoms with van der Waals surface area (Å²) < 4.78 is 0. The molecule has 0 aromatic rings. The maximum atomic E-state index is 8.12. The lowest BCUT2D eigenvalue weighted by Crippen LogP contribution is -1.59. The van der Waals surface area contributed by atoms with Crippen LogP contribution in [0.15, 0.2) is 0 Å². The molecule has 0 atom stereocenters. The van der Waals surface area contributed by atoms with E-state index in [1.54, 1.807) is 0 Å². The summed E-state index contributed by atoms with van der Waals surface area (Å²) in [5, 5.41) is 0. The van der Waals surface area contributed by atoms with E-state index in [9.17, 15) is 0 Å². The van der Waals surface area contributed by atoms with Gasteiger partial charge in [0.25, 0.3) is 0 Å². The molecule has 0 bridgehead atoms. The molecule has 0 aromatic carbocycles. The SMILES string of the molecule is CCC1CC1.O=C=O. The summed E-state index contributed by atoms with van der Waals surface area (Å²) in [6, 6.07) is 0. The molecule has 1 fully saturated rings. The van der Waals surface area contributed by atoms with E-state index in [1.807, 2.05) is 0 Å². The topological polar surface area (TPSA) is 34.1 Å². The van der Waals surface area contributed by atoms with Crippen LogP contribution in [-0.2, 0) is 9.59 Å². The fourth-order valence-corrected chi connectivity index (χ4v) is 0.526. The van der Waals surface area contributed by atoms with Crippen molar-refractivity contribution in [3.63, 3.8) is 0 Å². The lowest BCUT2D eigenvalue weighted by Gasteiger charge is -1.72. The Hall–Kier alpha value is -0.620. The van der Waals surface area contributed by atoms with Gasteiger partial charge in [-0.1, -0.05) is 26.2 Å². The molecule has 1 aliphatic rings. The molecule has 8 heavy (non-hydrogen) atoms. The molecule has 46 valence electrons. The van der Waals surface area contributed by atoms with Crippen LogP contribution in [0.3, 0.4) is 0 Å². The second-order valence-electron chi connectivity index (χ2n) is 1.93. The Morgan fingerprint density at radius 1 is 1.50 bits per heavy atom. The van der Waals surface area contributed by atoms with Gasteiger partial charge in [-0.15, -0.1) is 0 Å². The van der Waals surface area contributed by atoms with Crippen LogP contribution in [-0.4, -0.2) is 6.15 Å². The molecule has 1 rings (SSSR count). The first-order chi connectivity index (χ1) is 3.85. The molecule has 0 saturated heterocycles. The second-order valence-corrected chi connectivity index (χ2v) is 1.93. The highest BCUT2D eigenvalue weighted by Gasteiger charge is 2.17. The zero-order valence-corrected chi connectivity index (χ0v) is 5.02. The van der Waals surface area contributed by atoms with Crippen LogP contribution in [0.1, 0.15) is 26.2 Å². The molecule has 1 saturated carbocycles. The van der Waals surface area contributed by atoms with Gasteiger partial charge in [-0.05, 0) is 5.92 Å². The predicted molar refractivity (Wildman–Crippen MR) is 28.0 cm³/mol. The Kier molecular flexibility index (Phi) is 4.19. The van der Waals surface area contributed by atoms with Gasteiger partial charge in [0.1, 0.15) is 0 Å². The Morgan fingerprint density at radius 2 is 1.88 bits per heavy atom. The van der Waals surface area contributed by atoms with Crippen molar-refractivity contribution in [2.75, 3.05) is 0 Å². The van der Waals surface area contributed by atoms with Crippen molar-refractivity contribution in [2.24, 2.45) is 5.92 Å². The molecule has 0 amide bonds. The van der Waals surface area contributed by atoms with Crippen molar-refractivity contribution < 1.29 is 9.59 Å². The molecule has 2 heteroatoms. The third-order valence-electron chi connectivity index (χ3n) is 1.27. The summed E-state index contributed by atoms with van der Waals surface area (Å²) in [6.07, 6.45) is 4.69. The molecule has 2 nitrogen and oxygen atoms in total. The van der Waals surface area contributed by atoms with Gasteiger partial charge < -0.3 is 0 Å². The second kappa shape index (κ2) is 4.54. The van der Waals surface area contributed by atoms with E-state index in [0.717, 1.165) is 5.92 Å². The zero-order chi connectivity index (χ0) is 6.41. The van der Waals surface area contributed by atoms with Gasteiger partial charge in [-0.25, -0.2) is 0 Å². The number of hydrogen-bond donors (Lipinski definition) is 0. The van der Waals surface area contributed by atoms with Crippen LogP contribution in [0.25, 0.3) is 0 Å². The van der Waals surface area contributed by atoms with E-state index in [2.05, 4.69) is 6.92 Å². The Bertz CT molecular complexity index is 78.5. The first kappa shape index (κ1) is 7.38. The maximum Gasteiger partial charge on any atom is 0.373 e. The van der Waals surface area contributed by atoms with Crippen molar-refractivity contribution >= 4 is 6.15 Å². The molecular formula is C6H10O2. The Balaban J connectivity index is 0.000000145. The molecule has 0 radical (unpaired) electrons. The van der Waals surface area contributed by atoms with Crippen LogP contribution in [0, 0.1) is 5.92 Å². The van der Waals surface area contributed by atoms with Gasteiger partial charge >= 0.3 is 6.15 Å². The lowest BCUT2D eigenvalue weighted by atomic mass is 10.3. The predicted octanol–water partition coefficient (Wildman–Crippen LogP) is 1.22. The third-order valence-corrected chi connectivity index (χ3v) is 1.27. The highest BCUT2D eigenvalue weighted by molar-refractivity contribution is 5.20. The van der Waals surface area contributed by atoms with Crippen LogP contribution in [0.5, 0.6) is 0 Å². The summed E-state index contributed by atoms with van der Waals surface area (Å²) in [4.78, 5) is 16.2. The Morgan fingerprint density at radius 3 is 1.88 bits per heavy atom. The minimum Gasteiger partial charge on any atom is -0.186 e. The molecule has 0 spiro atoms. The maximum absolute atomic E-state index is 8.12. The molecule has 0 aromatic heterocycles. The van der Waals surface area contributed by atoms with Gasteiger partial charge in [0, 0.05) is 0 Å². The Labute approximate surface area is 48.9 Å². The van der Waals surface area contributed by atoms with Crippen molar-refractivity contribution in [2.45, 2.75) is 26.2 Å². The number of carbonyl (C=O) groups excluding carboxylic acids is 2.